The highest BCUT2D eigenvalue weighted by atomic mass is 16.4. The van der Waals surface area contributed by atoms with Crippen molar-refractivity contribution >= 4 is 5.97 Å². The minimum absolute atomic E-state index is 0.0191. The predicted molar refractivity (Wildman–Crippen MR) is 89.0 cm³/mol. The Morgan fingerprint density at radius 2 is 1.65 bits per heavy atom. The number of aryl methyl sites for hydroxylation is 1. The number of hydrogen-bond donors (Lipinski definition) is 1. The molecule has 1 N–H and O–H groups in total. The van der Waals surface area contributed by atoms with Crippen molar-refractivity contribution in [3.05, 3.63) is 72.1 Å². The zero-order chi connectivity index (χ0) is 16.2. The van der Waals surface area contributed by atoms with E-state index in [1.807, 2.05) is 55.5 Å². The van der Waals surface area contributed by atoms with Gasteiger partial charge in [0.1, 0.15) is 0 Å². The van der Waals surface area contributed by atoms with Gasteiger partial charge in [-0.3, -0.25) is 14.8 Å². The number of carboxylic acids is 1. The van der Waals surface area contributed by atoms with Gasteiger partial charge in [0.15, 0.2) is 0 Å². The third-order valence-electron chi connectivity index (χ3n) is 3.55. The number of hydrogen-bond acceptors (Lipinski definition) is 3. The van der Waals surface area contributed by atoms with Crippen molar-refractivity contribution in [1.29, 1.82) is 0 Å². The highest BCUT2D eigenvalue weighted by molar-refractivity contribution is 5.73. The van der Waals surface area contributed by atoms with Gasteiger partial charge in [-0.05, 0) is 53.4 Å². The quantitative estimate of drug-likeness (QED) is 0.797. The van der Waals surface area contributed by atoms with Gasteiger partial charge in [0.25, 0.3) is 0 Å². The first-order chi connectivity index (χ1) is 11.1. The average molecular weight is 304 g/mol. The number of carboxylic acid groups (broad SMARTS) is 1. The molecule has 23 heavy (non-hydrogen) atoms. The molecule has 0 atom stereocenters. The molecule has 0 amide bonds. The lowest BCUT2D eigenvalue weighted by Gasteiger charge is -2.07. The summed E-state index contributed by atoms with van der Waals surface area (Å²) in [6, 6.07) is 15.4. The fraction of sp³-hybridized carbons (Fsp3) is 0.105. The maximum absolute atomic E-state index is 10.9. The van der Waals surface area contributed by atoms with Crippen LogP contribution in [0.5, 0.6) is 0 Å². The standard InChI is InChI=1S/C19H16N2O2/c1-13-5-7-20-17(9-13)18-12-16(6-8-21-18)15-4-2-3-14(10-15)11-19(22)23/h2-10,12H,11H2,1H3,(H,22,23). The second kappa shape index (κ2) is 6.40. The van der Waals surface area contributed by atoms with E-state index in [9.17, 15) is 4.79 Å². The summed E-state index contributed by atoms with van der Waals surface area (Å²) in [6.07, 6.45) is 3.54. The summed E-state index contributed by atoms with van der Waals surface area (Å²) in [6.45, 7) is 2.02. The lowest BCUT2D eigenvalue weighted by Crippen LogP contribution is -1.99. The molecule has 0 aliphatic heterocycles. The summed E-state index contributed by atoms with van der Waals surface area (Å²) in [4.78, 5) is 19.6. The second-order valence-electron chi connectivity index (χ2n) is 5.42. The van der Waals surface area contributed by atoms with Gasteiger partial charge in [-0.15, -0.1) is 0 Å². The van der Waals surface area contributed by atoms with Crippen LogP contribution in [0.3, 0.4) is 0 Å². The van der Waals surface area contributed by atoms with E-state index in [0.29, 0.717) is 0 Å². The van der Waals surface area contributed by atoms with Gasteiger partial charge in [0.2, 0.25) is 0 Å². The summed E-state index contributed by atoms with van der Waals surface area (Å²) in [5.41, 5.74) is 5.50. The topological polar surface area (TPSA) is 63.1 Å². The van der Waals surface area contributed by atoms with Gasteiger partial charge in [-0.2, -0.15) is 0 Å². The van der Waals surface area contributed by atoms with Gasteiger partial charge in [-0.1, -0.05) is 24.3 Å². The summed E-state index contributed by atoms with van der Waals surface area (Å²) in [5.74, 6) is -0.832. The molecule has 3 aromatic rings. The smallest absolute Gasteiger partial charge is 0.307 e. The molecule has 4 heteroatoms. The van der Waals surface area contributed by atoms with Gasteiger partial charge in [-0.25, -0.2) is 0 Å². The molecule has 3 rings (SSSR count). The molecule has 0 spiro atoms. The lowest BCUT2D eigenvalue weighted by atomic mass is 10.0. The molecule has 1 aromatic carbocycles. The van der Waals surface area contributed by atoms with Crippen LogP contribution in [0.25, 0.3) is 22.5 Å². The largest absolute Gasteiger partial charge is 0.481 e. The molecular weight excluding hydrogens is 288 g/mol. The Balaban J connectivity index is 1.98. The van der Waals surface area contributed by atoms with Crippen LogP contribution in [0.1, 0.15) is 11.1 Å². The second-order valence-corrected chi connectivity index (χ2v) is 5.42. The van der Waals surface area contributed by atoms with E-state index in [-0.39, 0.29) is 6.42 Å². The van der Waals surface area contributed by atoms with E-state index in [1.165, 1.54) is 0 Å². The first-order valence-corrected chi connectivity index (χ1v) is 7.32. The molecule has 2 aromatic heterocycles. The average Bonchev–Trinajstić information content (AvgIpc) is 2.55. The molecule has 0 aliphatic rings. The lowest BCUT2D eigenvalue weighted by molar-refractivity contribution is -0.136. The van der Waals surface area contributed by atoms with Crippen molar-refractivity contribution in [2.24, 2.45) is 0 Å². The fourth-order valence-corrected chi connectivity index (χ4v) is 2.46. The summed E-state index contributed by atoms with van der Waals surface area (Å²) in [5, 5.41) is 8.93. The monoisotopic (exact) mass is 304 g/mol. The molecule has 0 bridgehead atoms. The van der Waals surface area contributed by atoms with E-state index in [2.05, 4.69) is 9.97 Å². The first kappa shape index (κ1) is 14.9. The number of nitrogens with zero attached hydrogens (tertiary/aromatic N) is 2. The highest BCUT2D eigenvalue weighted by Crippen LogP contribution is 2.24. The van der Waals surface area contributed by atoms with E-state index in [1.54, 1.807) is 12.4 Å². The van der Waals surface area contributed by atoms with Crippen LogP contribution < -0.4 is 0 Å². The predicted octanol–water partition coefficient (Wildman–Crippen LogP) is 3.75. The third kappa shape index (κ3) is 3.61. The number of pyridine rings is 2. The molecule has 0 fully saturated rings. The van der Waals surface area contributed by atoms with Gasteiger partial charge in [0.05, 0.1) is 17.8 Å². The van der Waals surface area contributed by atoms with Crippen molar-refractivity contribution in [1.82, 2.24) is 9.97 Å². The highest BCUT2D eigenvalue weighted by Gasteiger charge is 2.06. The molecule has 0 unspecified atom stereocenters. The van der Waals surface area contributed by atoms with Crippen LogP contribution in [-0.2, 0) is 11.2 Å². The van der Waals surface area contributed by atoms with E-state index in [0.717, 1.165) is 33.6 Å². The van der Waals surface area contributed by atoms with Crippen LogP contribution in [0.4, 0.5) is 0 Å². The number of rotatable bonds is 4. The summed E-state index contributed by atoms with van der Waals surface area (Å²) >= 11 is 0. The van der Waals surface area contributed by atoms with Crippen molar-refractivity contribution in [3.8, 4) is 22.5 Å². The number of aliphatic carboxylic acids is 1. The maximum Gasteiger partial charge on any atom is 0.307 e. The molecule has 114 valence electrons. The van der Waals surface area contributed by atoms with Crippen LogP contribution in [0.15, 0.2) is 60.9 Å². The summed E-state index contributed by atoms with van der Waals surface area (Å²) < 4.78 is 0. The Kier molecular flexibility index (Phi) is 4.15. The Hall–Kier alpha value is -3.01. The Bertz CT molecular complexity index is 859. The Labute approximate surface area is 134 Å². The van der Waals surface area contributed by atoms with Crippen molar-refractivity contribution in [3.63, 3.8) is 0 Å². The molecule has 2 heterocycles. The Morgan fingerprint density at radius 1 is 0.957 bits per heavy atom. The normalized spacial score (nSPS) is 10.5. The maximum atomic E-state index is 10.9. The van der Waals surface area contributed by atoms with Crippen LogP contribution in [0.2, 0.25) is 0 Å². The van der Waals surface area contributed by atoms with Gasteiger partial charge >= 0.3 is 5.97 Å². The number of benzene rings is 1. The minimum Gasteiger partial charge on any atom is -0.481 e. The zero-order valence-electron chi connectivity index (χ0n) is 12.7. The fourth-order valence-electron chi connectivity index (χ4n) is 2.46. The van der Waals surface area contributed by atoms with E-state index >= 15 is 0 Å². The Morgan fingerprint density at radius 3 is 2.39 bits per heavy atom. The first-order valence-electron chi connectivity index (χ1n) is 7.32. The van der Waals surface area contributed by atoms with Crippen LogP contribution in [-0.4, -0.2) is 21.0 Å². The van der Waals surface area contributed by atoms with Crippen LogP contribution in [0, 0.1) is 6.92 Å². The van der Waals surface area contributed by atoms with Crippen molar-refractivity contribution in [2.75, 3.05) is 0 Å². The molecular formula is C19H16N2O2. The third-order valence-corrected chi connectivity index (χ3v) is 3.55. The zero-order valence-corrected chi connectivity index (χ0v) is 12.7. The molecule has 4 nitrogen and oxygen atoms in total. The van der Waals surface area contributed by atoms with Crippen molar-refractivity contribution < 1.29 is 9.90 Å². The van der Waals surface area contributed by atoms with Crippen LogP contribution >= 0.6 is 0 Å². The van der Waals surface area contributed by atoms with E-state index < -0.39 is 5.97 Å². The van der Waals surface area contributed by atoms with Gasteiger partial charge < -0.3 is 5.11 Å². The SMILES string of the molecule is Cc1ccnc(-c2cc(-c3cccc(CC(=O)O)c3)ccn2)c1. The van der Waals surface area contributed by atoms with E-state index in [4.69, 9.17) is 5.11 Å². The number of carbonyl (C=O) groups is 1. The molecule has 0 saturated heterocycles. The molecule has 0 radical (unpaired) electrons. The molecule has 0 saturated carbocycles. The summed E-state index contributed by atoms with van der Waals surface area (Å²) in [7, 11) is 0. The van der Waals surface area contributed by atoms with Gasteiger partial charge in [0, 0.05) is 12.4 Å². The minimum atomic E-state index is -0.832. The number of aromatic nitrogens is 2. The molecule has 0 aliphatic carbocycles. The van der Waals surface area contributed by atoms with Crippen molar-refractivity contribution in [2.45, 2.75) is 13.3 Å².